The standard InChI is InChI=1S/C11H14ClN5O2/c1-6-2-17(3-7(4-18)19-6)10-8-9(14-5-13-8)15-11(12)16-10/h5-7,18H,2-4H2,1H3,(H,13,14,15,16). The van der Waals surface area contributed by atoms with E-state index in [1.54, 1.807) is 6.33 Å². The van der Waals surface area contributed by atoms with Gasteiger partial charge in [-0.3, -0.25) is 0 Å². The Morgan fingerprint density at radius 1 is 1.53 bits per heavy atom. The van der Waals surface area contributed by atoms with Crippen LogP contribution in [0.25, 0.3) is 11.2 Å². The highest BCUT2D eigenvalue weighted by molar-refractivity contribution is 6.28. The third-order valence-electron chi connectivity index (χ3n) is 3.07. The van der Waals surface area contributed by atoms with Crippen molar-refractivity contribution >= 4 is 28.6 Å². The first-order valence-electron chi connectivity index (χ1n) is 6.05. The molecule has 0 spiro atoms. The van der Waals surface area contributed by atoms with Crippen molar-refractivity contribution in [1.29, 1.82) is 0 Å². The topological polar surface area (TPSA) is 87.2 Å². The zero-order chi connectivity index (χ0) is 13.4. The first-order chi connectivity index (χ1) is 9.17. The molecule has 0 aliphatic carbocycles. The summed E-state index contributed by atoms with van der Waals surface area (Å²) >= 11 is 5.92. The molecule has 0 bridgehead atoms. The molecule has 0 aromatic carbocycles. The molecule has 2 aromatic heterocycles. The average molecular weight is 284 g/mol. The number of aliphatic hydroxyl groups excluding tert-OH is 1. The highest BCUT2D eigenvalue weighted by Gasteiger charge is 2.27. The van der Waals surface area contributed by atoms with Crippen LogP contribution in [0.15, 0.2) is 6.33 Å². The zero-order valence-electron chi connectivity index (χ0n) is 10.4. The van der Waals surface area contributed by atoms with Gasteiger partial charge in [0.1, 0.15) is 5.52 Å². The Hall–Kier alpha value is -1.44. The van der Waals surface area contributed by atoms with Crippen LogP contribution in [-0.2, 0) is 4.74 Å². The van der Waals surface area contributed by atoms with Gasteiger partial charge in [0, 0.05) is 13.1 Å². The van der Waals surface area contributed by atoms with Crippen molar-refractivity contribution in [2.45, 2.75) is 19.1 Å². The lowest BCUT2D eigenvalue weighted by Crippen LogP contribution is -2.48. The monoisotopic (exact) mass is 283 g/mol. The summed E-state index contributed by atoms with van der Waals surface area (Å²) in [5.41, 5.74) is 1.28. The van der Waals surface area contributed by atoms with Gasteiger partial charge in [0.25, 0.3) is 0 Å². The molecular formula is C11H14ClN5O2. The van der Waals surface area contributed by atoms with E-state index in [1.807, 2.05) is 11.8 Å². The summed E-state index contributed by atoms with van der Waals surface area (Å²) in [6, 6.07) is 0. The van der Waals surface area contributed by atoms with Gasteiger partial charge in [-0.05, 0) is 18.5 Å². The molecule has 1 saturated heterocycles. The van der Waals surface area contributed by atoms with Crippen molar-refractivity contribution in [2.75, 3.05) is 24.6 Å². The molecule has 19 heavy (non-hydrogen) atoms. The van der Waals surface area contributed by atoms with Gasteiger partial charge in [-0.25, -0.2) is 4.98 Å². The van der Waals surface area contributed by atoms with Gasteiger partial charge in [0.15, 0.2) is 11.5 Å². The Bertz CT molecular complexity index is 589. The number of nitrogens with one attached hydrogen (secondary N) is 1. The molecule has 8 heteroatoms. The number of aliphatic hydroxyl groups is 1. The van der Waals surface area contributed by atoms with Crippen molar-refractivity contribution in [1.82, 2.24) is 19.9 Å². The van der Waals surface area contributed by atoms with Gasteiger partial charge in [0.2, 0.25) is 5.28 Å². The Morgan fingerprint density at radius 2 is 2.37 bits per heavy atom. The van der Waals surface area contributed by atoms with Gasteiger partial charge in [-0.15, -0.1) is 0 Å². The Morgan fingerprint density at radius 3 is 3.16 bits per heavy atom. The fourth-order valence-electron chi connectivity index (χ4n) is 2.34. The van der Waals surface area contributed by atoms with Gasteiger partial charge in [-0.1, -0.05) is 0 Å². The number of morpholine rings is 1. The van der Waals surface area contributed by atoms with Crippen LogP contribution >= 0.6 is 11.6 Å². The summed E-state index contributed by atoms with van der Waals surface area (Å²) < 4.78 is 5.62. The fourth-order valence-corrected chi connectivity index (χ4v) is 2.50. The Balaban J connectivity index is 2.00. The third kappa shape index (κ3) is 2.36. The van der Waals surface area contributed by atoms with E-state index >= 15 is 0 Å². The molecule has 102 valence electrons. The maximum absolute atomic E-state index is 9.27. The number of imidazole rings is 1. The van der Waals surface area contributed by atoms with Gasteiger partial charge in [-0.2, -0.15) is 9.97 Å². The van der Waals surface area contributed by atoms with Crippen LogP contribution < -0.4 is 4.90 Å². The predicted octanol–water partition coefficient (Wildman–Crippen LogP) is 0.592. The van der Waals surface area contributed by atoms with E-state index in [2.05, 4.69) is 19.9 Å². The van der Waals surface area contributed by atoms with E-state index in [4.69, 9.17) is 16.3 Å². The number of nitrogens with zero attached hydrogens (tertiary/aromatic N) is 4. The molecule has 2 atom stereocenters. The molecule has 7 nitrogen and oxygen atoms in total. The van der Waals surface area contributed by atoms with Crippen LogP contribution in [-0.4, -0.2) is 56.9 Å². The van der Waals surface area contributed by atoms with Crippen molar-refractivity contribution in [3.8, 4) is 0 Å². The van der Waals surface area contributed by atoms with E-state index in [9.17, 15) is 5.11 Å². The SMILES string of the molecule is CC1CN(c2nc(Cl)nc3nc[nH]c23)CC(CO)O1. The number of rotatable bonds is 2. The first-order valence-corrected chi connectivity index (χ1v) is 6.43. The largest absolute Gasteiger partial charge is 0.394 e. The highest BCUT2D eigenvalue weighted by Crippen LogP contribution is 2.25. The van der Waals surface area contributed by atoms with E-state index in [0.717, 1.165) is 5.52 Å². The number of fused-ring (bicyclic) bond motifs is 1. The van der Waals surface area contributed by atoms with Crippen LogP contribution in [0, 0.1) is 0 Å². The quantitative estimate of drug-likeness (QED) is 0.785. The van der Waals surface area contributed by atoms with E-state index in [-0.39, 0.29) is 24.1 Å². The second-order valence-electron chi connectivity index (χ2n) is 4.57. The van der Waals surface area contributed by atoms with E-state index < -0.39 is 0 Å². The number of halogens is 1. The van der Waals surface area contributed by atoms with Crippen molar-refractivity contribution in [3.63, 3.8) is 0 Å². The molecule has 2 aromatic rings. The fraction of sp³-hybridized carbons (Fsp3) is 0.545. The van der Waals surface area contributed by atoms with Gasteiger partial charge in [0.05, 0.1) is 25.1 Å². The van der Waals surface area contributed by atoms with Crippen molar-refractivity contribution in [3.05, 3.63) is 11.6 Å². The molecule has 1 fully saturated rings. The van der Waals surface area contributed by atoms with Gasteiger partial charge >= 0.3 is 0 Å². The number of hydrogen-bond acceptors (Lipinski definition) is 6. The second kappa shape index (κ2) is 4.92. The molecule has 3 rings (SSSR count). The highest BCUT2D eigenvalue weighted by atomic mass is 35.5. The number of anilines is 1. The molecule has 1 aliphatic heterocycles. The maximum atomic E-state index is 9.27. The molecule has 0 amide bonds. The summed E-state index contributed by atoms with van der Waals surface area (Å²) in [6.07, 6.45) is 1.35. The minimum absolute atomic E-state index is 0.0117. The number of aromatic nitrogens is 4. The lowest BCUT2D eigenvalue weighted by Gasteiger charge is -2.36. The van der Waals surface area contributed by atoms with Crippen molar-refractivity contribution in [2.24, 2.45) is 0 Å². The number of hydrogen-bond donors (Lipinski definition) is 2. The predicted molar refractivity (Wildman–Crippen MR) is 70.3 cm³/mol. The molecule has 1 aliphatic rings. The minimum Gasteiger partial charge on any atom is -0.394 e. The normalized spacial score (nSPS) is 24.1. The van der Waals surface area contributed by atoms with Crippen LogP contribution in [0.3, 0.4) is 0 Å². The molecule has 0 radical (unpaired) electrons. The number of ether oxygens (including phenoxy) is 1. The van der Waals surface area contributed by atoms with Crippen LogP contribution in [0.5, 0.6) is 0 Å². The van der Waals surface area contributed by atoms with Crippen LogP contribution in [0.4, 0.5) is 5.82 Å². The van der Waals surface area contributed by atoms with E-state index in [1.165, 1.54) is 0 Å². The number of aromatic amines is 1. The van der Waals surface area contributed by atoms with Crippen LogP contribution in [0.1, 0.15) is 6.92 Å². The third-order valence-corrected chi connectivity index (χ3v) is 3.24. The smallest absolute Gasteiger partial charge is 0.226 e. The summed E-state index contributed by atoms with van der Waals surface area (Å²) in [7, 11) is 0. The lowest BCUT2D eigenvalue weighted by atomic mass is 10.2. The second-order valence-corrected chi connectivity index (χ2v) is 4.91. The molecule has 3 heterocycles. The van der Waals surface area contributed by atoms with Gasteiger partial charge < -0.3 is 19.7 Å². The summed E-state index contributed by atoms with van der Waals surface area (Å²) in [4.78, 5) is 17.5. The first kappa shape index (κ1) is 12.6. The van der Waals surface area contributed by atoms with Crippen molar-refractivity contribution < 1.29 is 9.84 Å². The molecule has 2 unspecified atom stereocenters. The molecule has 2 N–H and O–H groups in total. The average Bonchev–Trinajstić information content (AvgIpc) is 2.84. The Labute approximate surface area is 114 Å². The molecular weight excluding hydrogens is 270 g/mol. The van der Waals surface area contributed by atoms with E-state index in [0.29, 0.717) is 24.6 Å². The minimum atomic E-state index is -0.226. The Kier molecular flexibility index (Phi) is 3.26. The maximum Gasteiger partial charge on any atom is 0.226 e. The summed E-state index contributed by atoms with van der Waals surface area (Å²) in [5.74, 6) is 0.695. The molecule has 0 saturated carbocycles. The lowest BCUT2D eigenvalue weighted by molar-refractivity contribution is -0.0422. The zero-order valence-corrected chi connectivity index (χ0v) is 11.1. The number of H-pyrrole nitrogens is 1. The summed E-state index contributed by atoms with van der Waals surface area (Å²) in [5, 5.41) is 9.43. The summed E-state index contributed by atoms with van der Waals surface area (Å²) in [6.45, 7) is 3.17. The van der Waals surface area contributed by atoms with Crippen LogP contribution in [0.2, 0.25) is 5.28 Å².